The SMILES string of the molecule is Cc1cccc(OCCCCC(=O)NCc2ccc3c(c2)CNC3)c1.Cl. The first-order valence-electron chi connectivity index (χ1n) is 8.98. The molecular formula is C21H27ClN2O2. The van der Waals surface area contributed by atoms with Gasteiger partial charge in [-0.05, 0) is 54.2 Å². The Morgan fingerprint density at radius 2 is 1.96 bits per heavy atom. The molecule has 0 saturated carbocycles. The number of halogens is 1. The molecule has 0 bridgehead atoms. The Morgan fingerprint density at radius 1 is 1.12 bits per heavy atom. The van der Waals surface area contributed by atoms with Gasteiger partial charge in [-0.25, -0.2) is 0 Å². The number of unbranched alkanes of at least 4 members (excludes halogenated alkanes) is 1. The van der Waals surface area contributed by atoms with Gasteiger partial charge < -0.3 is 15.4 Å². The van der Waals surface area contributed by atoms with Crippen molar-refractivity contribution < 1.29 is 9.53 Å². The number of hydrogen-bond donors (Lipinski definition) is 2. The predicted octanol–water partition coefficient (Wildman–Crippen LogP) is 3.89. The molecule has 0 radical (unpaired) electrons. The van der Waals surface area contributed by atoms with Gasteiger partial charge in [0.1, 0.15) is 5.75 Å². The zero-order valence-electron chi connectivity index (χ0n) is 15.2. The van der Waals surface area contributed by atoms with Gasteiger partial charge in [0.05, 0.1) is 6.61 Å². The van der Waals surface area contributed by atoms with Crippen LogP contribution in [0, 0.1) is 6.92 Å². The maximum absolute atomic E-state index is 12.0. The molecule has 1 aliphatic heterocycles. The highest BCUT2D eigenvalue weighted by Gasteiger charge is 2.10. The summed E-state index contributed by atoms with van der Waals surface area (Å²) in [7, 11) is 0. The molecule has 4 nitrogen and oxygen atoms in total. The van der Waals surface area contributed by atoms with Gasteiger partial charge in [-0.2, -0.15) is 0 Å². The normalized spacial score (nSPS) is 12.2. The molecule has 26 heavy (non-hydrogen) atoms. The summed E-state index contributed by atoms with van der Waals surface area (Å²) < 4.78 is 5.70. The molecule has 5 heteroatoms. The first-order valence-corrected chi connectivity index (χ1v) is 8.98. The third kappa shape index (κ3) is 6.04. The van der Waals surface area contributed by atoms with Crippen LogP contribution in [0.2, 0.25) is 0 Å². The lowest BCUT2D eigenvalue weighted by molar-refractivity contribution is -0.121. The van der Waals surface area contributed by atoms with Crippen molar-refractivity contribution in [3.8, 4) is 5.75 Å². The highest BCUT2D eigenvalue weighted by molar-refractivity contribution is 5.85. The molecule has 0 fully saturated rings. The van der Waals surface area contributed by atoms with E-state index in [9.17, 15) is 4.79 Å². The zero-order valence-corrected chi connectivity index (χ0v) is 16.0. The minimum atomic E-state index is 0. The molecule has 2 aromatic rings. The van der Waals surface area contributed by atoms with Gasteiger partial charge in [-0.1, -0.05) is 30.3 Å². The van der Waals surface area contributed by atoms with Crippen LogP contribution in [-0.4, -0.2) is 12.5 Å². The molecule has 0 saturated heterocycles. The number of benzene rings is 2. The maximum Gasteiger partial charge on any atom is 0.220 e. The van der Waals surface area contributed by atoms with Crippen molar-refractivity contribution in [3.05, 3.63) is 64.7 Å². The third-order valence-corrected chi connectivity index (χ3v) is 4.45. The standard InChI is InChI=1S/C21H26N2O2.ClH/c1-16-5-4-6-20(11-16)25-10-3-2-7-21(24)23-13-17-8-9-18-14-22-15-19(18)12-17;/h4-6,8-9,11-12,22H,2-3,7,10,13-15H2,1H3,(H,23,24);1H. The Balaban J connectivity index is 0.00000243. The second-order valence-electron chi connectivity index (χ2n) is 6.61. The molecule has 140 valence electrons. The van der Waals surface area contributed by atoms with E-state index in [-0.39, 0.29) is 18.3 Å². The minimum Gasteiger partial charge on any atom is -0.494 e. The molecule has 2 aromatic carbocycles. The van der Waals surface area contributed by atoms with Crippen LogP contribution < -0.4 is 15.4 Å². The number of carbonyl (C=O) groups is 1. The molecular weight excluding hydrogens is 348 g/mol. The summed E-state index contributed by atoms with van der Waals surface area (Å²) >= 11 is 0. The quantitative estimate of drug-likeness (QED) is 0.689. The smallest absolute Gasteiger partial charge is 0.220 e. The van der Waals surface area contributed by atoms with Crippen molar-refractivity contribution >= 4 is 18.3 Å². The van der Waals surface area contributed by atoms with Crippen LogP contribution in [0.4, 0.5) is 0 Å². The van der Waals surface area contributed by atoms with Gasteiger partial charge in [0.25, 0.3) is 0 Å². The summed E-state index contributed by atoms with van der Waals surface area (Å²) in [5.41, 5.74) is 5.07. The number of hydrogen-bond acceptors (Lipinski definition) is 3. The summed E-state index contributed by atoms with van der Waals surface area (Å²) in [6.45, 7) is 5.18. The first kappa shape index (κ1) is 20.3. The lowest BCUT2D eigenvalue weighted by Crippen LogP contribution is -2.22. The van der Waals surface area contributed by atoms with Gasteiger partial charge in [-0.15, -0.1) is 12.4 Å². The van der Waals surface area contributed by atoms with E-state index in [1.165, 1.54) is 22.3 Å². The summed E-state index contributed by atoms with van der Waals surface area (Å²) in [5.74, 6) is 1.00. The summed E-state index contributed by atoms with van der Waals surface area (Å²) in [6.07, 6.45) is 2.27. The van der Waals surface area contributed by atoms with Crippen molar-refractivity contribution in [3.63, 3.8) is 0 Å². The van der Waals surface area contributed by atoms with Crippen LogP contribution in [0.25, 0.3) is 0 Å². The van der Waals surface area contributed by atoms with Gasteiger partial charge in [0.15, 0.2) is 0 Å². The molecule has 0 aromatic heterocycles. The first-order chi connectivity index (χ1) is 12.2. The number of rotatable bonds is 8. The molecule has 0 unspecified atom stereocenters. The molecule has 1 amide bonds. The van der Waals surface area contributed by atoms with E-state index in [4.69, 9.17) is 4.74 Å². The molecule has 0 atom stereocenters. The van der Waals surface area contributed by atoms with Crippen LogP contribution in [0.1, 0.15) is 41.5 Å². The van der Waals surface area contributed by atoms with Crippen molar-refractivity contribution in [1.82, 2.24) is 10.6 Å². The number of fused-ring (bicyclic) bond motifs is 1. The average Bonchev–Trinajstić information content (AvgIpc) is 3.07. The fraction of sp³-hybridized carbons (Fsp3) is 0.381. The number of ether oxygens (including phenoxy) is 1. The molecule has 3 rings (SSSR count). The van der Waals surface area contributed by atoms with E-state index in [1.807, 2.05) is 18.2 Å². The van der Waals surface area contributed by atoms with Gasteiger partial charge in [0, 0.05) is 26.1 Å². The lowest BCUT2D eigenvalue weighted by atomic mass is 10.1. The fourth-order valence-corrected chi connectivity index (χ4v) is 3.03. The molecule has 2 N–H and O–H groups in total. The van der Waals surface area contributed by atoms with E-state index < -0.39 is 0 Å². The van der Waals surface area contributed by atoms with E-state index in [2.05, 4.69) is 41.8 Å². The van der Waals surface area contributed by atoms with Crippen molar-refractivity contribution in [2.45, 2.75) is 45.8 Å². The van der Waals surface area contributed by atoms with Crippen LogP contribution in [0.3, 0.4) is 0 Å². The van der Waals surface area contributed by atoms with E-state index in [1.54, 1.807) is 0 Å². The maximum atomic E-state index is 12.0. The zero-order chi connectivity index (χ0) is 17.5. The Labute approximate surface area is 161 Å². The van der Waals surface area contributed by atoms with Crippen molar-refractivity contribution in [1.29, 1.82) is 0 Å². The summed E-state index contributed by atoms with van der Waals surface area (Å²) in [6, 6.07) is 14.5. The molecule has 0 spiro atoms. The Bertz CT molecular complexity index is 734. The number of aryl methyl sites for hydroxylation is 1. The summed E-state index contributed by atoms with van der Waals surface area (Å²) in [4.78, 5) is 12.0. The third-order valence-electron chi connectivity index (χ3n) is 4.45. The molecule has 0 aliphatic carbocycles. The number of carbonyl (C=O) groups excluding carboxylic acids is 1. The minimum absolute atomic E-state index is 0. The Morgan fingerprint density at radius 3 is 2.81 bits per heavy atom. The number of nitrogens with one attached hydrogen (secondary N) is 2. The van der Waals surface area contributed by atoms with Crippen molar-refractivity contribution in [2.75, 3.05) is 6.61 Å². The highest BCUT2D eigenvalue weighted by Crippen LogP contribution is 2.17. The average molecular weight is 375 g/mol. The monoisotopic (exact) mass is 374 g/mol. The fourth-order valence-electron chi connectivity index (χ4n) is 3.03. The topological polar surface area (TPSA) is 50.4 Å². The van der Waals surface area contributed by atoms with E-state index in [0.29, 0.717) is 19.6 Å². The highest BCUT2D eigenvalue weighted by atomic mass is 35.5. The largest absolute Gasteiger partial charge is 0.494 e. The van der Waals surface area contributed by atoms with Gasteiger partial charge in [-0.3, -0.25) is 4.79 Å². The van der Waals surface area contributed by atoms with Gasteiger partial charge >= 0.3 is 0 Å². The second-order valence-corrected chi connectivity index (χ2v) is 6.61. The van der Waals surface area contributed by atoms with E-state index >= 15 is 0 Å². The number of amides is 1. The summed E-state index contributed by atoms with van der Waals surface area (Å²) in [5, 5.41) is 6.34. The Hall–Kier alpha value is -2.04. The van der Waals surface area contributed by atoms with Crippen LogP contribution in [0.5, 0.6) is 5.75 Å². The lowest BCUT2D eigenvalue weighted by Gasteiger charge is -2.08. The van der Waals surface area contributed by atoms with Crippen LogP contribution in [0.15, 0.2) is 42.5 Å². The Kier molecular flexibility index (Phi) is 7.95. The van der Waals surface area contributed by atoms with Crippen molar-refractivity contribution in [2.24, 2.45) is 0 Å². The predicted molar refractivity (Wildman–Crippen MR) is 107 cm³/mol. The molecule has 1 heterocycles. The second kappa shape index (κ2) is 10.2. The molecule has 1 aliphatic rings. The van der Waals surface area contributed by atoms with Crippen LogP contribution >= 0.6 is 12.4 Å². The van der Waals surface area contributed by atoms with E-state index in [0.717, 1.165) is 31.7 Å². The van der Waals surface area contributed by atoms with Crippen LogP contribution in [-0.2, 0) is 24.4 Å². The van der Waals surface area contributed by atoms with Gasteiger partial charge in [0.2, 0.25) is 5.91 Å².